The first-order valence-electron chi connectivity index (χ1n) is 2.60. The van der Waals surface area contributed by atoms with E-state index < -0.39 is 20.1 Å². The maximum atomic E-state index is 10.5. The topological polar surface area (TPSA) is 83.5 Å². The van der Waals surface area contributed by atoms with Crippen LogP contribution in [-0.4, -0.2) is 35.7 Å². The maximum absolute atomic E-state index is 10.5. The lowest BCUT2D eigenvalue weighted by molar-refractivity contribution is 0.551. The molecule has 0 spiro atoms. The van der Waals surface area contributed by atoms with Crippen LogP contribution < -0.4 is 4.72 Å². The van der Waals surface area contributed by atoms with Gasteiger partial charge in [-0.15, -0.1) is 0 Å². The van der Waals surface area contributed by atoms with Gasteiger partial charge < -0.3 is 0 Å². The van der Waals surface area contributed by atoms with E-state index in [2.05, 4.69) is 4.72 Å². The molecule has 2 N–H and O–H groups in total. The van der Waals surface area contributed by atoms with E-state index >= 15 is 0 Å². The monoisotopic (exact) mass is 219 g/mol. The van der Waals surface area contributed by atoms with Crippen molar-refractivity contribution in [2.75, 3.05) is 18.6 Å². The second-order valence-electron chi connectivity index (χ2n) is 1.67. The first-order chi connectivity index (χ1) is 4.92. The molecule has 0 aromatic carbocycles. The van der Waals surface area contributed by atoms with Crippen molar-refractivity contribution in [1.29, 1.82) is 0 Å². The zero-order chi connectivity index (χ0) is 8.91. The third-order valence-electron chi connectivity index (χ3n) is 0.625. The van der Waals surface area contributed by atoms with Gasteiger partial charge in [0.1, 0.15) is 0 Å². The molecule has 68 valence electrons. The van der Waals surface area contributed by atoms with Crippen molar-refractivity contribution in [3.05, 3.63) is 0 Å². The summed E-state index contributed by atoms with van der Waals surface area (Å²) in [6, 6.07) is 0. The Balaban J connectivity index is 3.37. The van der Waals surface area contributed by atoms with E-state index in [1.54, 1.807) is 0 Å². The van der Waals surface area contributed by atoms with E-state index in [0.717, 1.165) is 17.0 Å². The van der Waals surface area contributed by atoms with Crippen LogP contribution in [-0.2, 0) is 20.1 Å². The first kappa shape index (κ1) is 11.4. The number of hydrogen-bond donors (Lipinski definition) is 2. The normalized spacial score (nSPS) is 14.7. The molecule has 1 unspecified atom stereocenters. The molecule has 0 bridgehead atoms. The Bertz CT molecular complexity index is 223. The molecular weight excluding hydrogens is 210 g/mol. The first-order valence-corrected chi connectivity index (χ1v) is 7.10. The fraction of sp³-hybridized carbons (Fsp3) is 1.00. The summed E-state index contributed by atoms with van der Waals surface area (Å²) in [4.78, 5) is 0. The molecule has 0 aromatic heterocycles. The Labute approximate surface area is 71.7 Å². The van der Waals surface area contributed by atoms with Crippen LogP contribution in [0.15, 0.2) is 0 Å². The Morgan fingerprint density at radius 2 is 2.18 bits per heavy atom. The molecule has 1 atom stereocenters. The molecule has 0 radical (unpaired) electrons. The lowest BCUT2D eigenvalue weighted by Crippen LogP contribution is -2.19. The zero-order valence-electron chi connectivity index (χ0n) is 5.81. The fourth-order valence-corrected chi connectivity index (χ4v) is 2.37. The van der Waals surface area contributed by atoms with Crippen LogP contribution in [0.25, 0.3) is 0 Å². The van der Waals surface area contributed by atoms with E-state index in [0.29, 0.717) is 0 Å². The smallest absolute Gasteiger partial charge is 0.231 e. The van der Waals surface area contributed by atoms with Crippen molar-refractivity contribution in [1.82, 2.24) is 4.72 Å². The lowest BCUT2D eigenvalue weighted by atomic mass is 10.8. The molecule has 0 heterocycles. The lowest BCUT2D eigenvalue weighted by Gasteiger charge is -1.97. The van der Waals surface area contributed by atoms with Crippen molar-refractivity contribution >= 4 is 30.9 Å². The minimum atomic E-state index is -3.03. The highest BCUT2D eigenvalue weighted by atomic mass is 33.1. The van der Waals surface area contributed by atoms with Gasteiger partial charge >= 0.3 is 0 Å². The van der Waals surface area contributed by atoms with E-state index in [9.17, 15) is 12.6 Å². The van der Waals surface area contributed by atoms with Crippen molar-refractivity contribution in [3.63, 3.8) is 0 Å². The summed E-state index contributed by atoms with van der Waals surface area (Å²) in [6.07, 6.45) is 1.09. The van der Waals surface area contributed by atoms with E-state index in [-0.39, 0.29) is 12.3 Å². The molecule has 0 saturated carbocycles. The van der Waals surface area contributed by atoms with Crippen LogP contribution >= 0.6 is 10.8 Å². The standard InChI is InChI=1S/C3H9NO4S3/c1-11(7,8)9-3-2-4-10(5)6/h4H,2-3H2,1H3,(H,5,6). The summed E-state index contributed by atoms with van der Waals surface area (Å²) >= 11 is -2.05. The van der Waals surface area contributed by atoms with Crippen LogP contribution in [0.1, 0.15) is 0 Å². The largest absolute Gasteiger partial charge is 0.294 e. The van der Waals surface area contributed by atoms with Gasteiger partial charge in [0.15, 0.2) is 8.87 Å². The minimum Gasteiger partial charge on any atom is -0.294 e. The van der Waals surface area contributed by atoms with Gasteiger partial charge in [-0.05, 0) is 10.8 Å². The highest BCUT2D eigenvalue weighted by Crippen LogP contribution is 2.07. The summed E-state index contributed by atoms with van der Waals surface area (Å²) in [5.74, 6) is 0.269. The second-order valence-corrected chi connectivity index (χ2v) is 7.03. The number of nitrogens with one attached hydrogen (secondary N) is 1. The van der Waals surface area contributed by atoms with Crippen LogP contribution in [0.2, 0.25) is 0 Å². The predicted octanol–water partition coefficient (Wildman–Crippen LogP) is -0.594. The molecule has 0 rings (SSSR count). The Hall–Kier alpha value is 0.370. The summed E-state index contributed by atoms with van der Waals surface area (Å²) < 4.78 is 41.3. The van der Waals surface area contributed by atoms with Crippen molar-refractivity contribution in [2.24, 2.45) is 0 Å². The quantitative estimate of drug-likeness (QED) is 0.367. The predicted molar refractivity (Wildman–Crippen MR) is 46.1 cm³/mol. The van der Waals surface area contributed by atoms with Crippen LogP contribution in [0, 0.1) is 0 Å². The molecular formula is C3H9NO4S3. The van der Waals surface area contributed by atoms with Crippen molar-refractivity contribution < 1.29 is 17.2 Å². The van der Waals surface area contributed by atoms with Crippen LogP contribution in [0.4, 0.5) is 0 Å². The summed E-state index contributed by atoms with van der Waals surface area (Å²) in [5, 5.41) is 0. The Morgan fingerprint density at radius 1 is 1.64 bits per heavy atom. The Morgan fingerprint density at radius 3 is 2.55 bits per heavy atom. The van der Waals surface area contributed by atoms with Crippen LogP contribution in [0.5, 0.6) is 0 Å². The van der Waals surface area contributed by atoms with E-state index in [1.807, 2.05) is 0 Å². The summed E-state index contributed by atoms with van der Waals surface area (Å²) in [5.41, 5.74) is 0. The molecule has 11 heavy (non-hydrogen) atoms. The van der Waals surface area contributed by atoms with E-state index in [4.69, 9.17) is 4.55 Å². The van der Waals surface area contributed by atoms with E-state index in [1.165, 1.54) is 0 Å². The SMILES string of the molecule is CS(=O)(=O)SCCNS(=O)O. The molecule has 8 heteroatoms. The number of rotatable bonds is 5. The second kappa shape index (κ2) is 5.09. The summed E-state index contributed by atoms with van der Waals surface area (Å²) in [7, 11) is -2.29. The van der Waals surface area contributed by atoms with Gasteiger partial charge in [-0.1, -0.05) is 0 Å². The molecule has 0 saturated heterocycles. The maximum Gasteiger partial charge on any atom is 0.231 e. The average Bonchev–Trinajstić information content (AvgIpc) is 1.78. The summed E-state index contributed by atoms with van der Waals surface area (Å²) in [6.45, 7) is 0.195. The Kier molecular flexibility index (Phi) is 5.26. The van der Waals surface area contributed by atoms with Gasteiger partial charge in [0.2, 0.25) is 11.3 Å². The molecule has 0 aliphatic rings. The molecule has 0 amide bonds. The molecule has 0 aliphatic carbocycles. The molecule has 0 aromatic rings. The molecule has 0 fully saturated rings. The average molecular weight is 219 g/mol. The molecule has 5 nitrogen and oxygen atoms in total. The van der Waals surface area contributed by atoms with Gasteiger partial charge in [0.05, 0.1) is 0 Å². The van der Waals surface area contributed by atoms with Gasteiger partial charge in [0, 0.05) is 18.6 Å². The van der Waals surface area contributed by atoms with Gasteiger partial charge in [-0.25, -0.2) is 17.3 Å². The number of hydrogen-bond acceptors (Lipinski definition) is 4. The van der Waals surface area contributed by atoms with Gasteiger partial charge in [0.25, 0.3) is 0 Å². The van der Waals surface area contributed by atoms with Gasteiger partial charge in [-0.3, -0.25) is 4.55 Å². The fourth-order valence-electron chi connectivity index (χ4n) is 0.322. The van der Waals surface area contributed by atoms with Crippen LogP contribution in [0.3, 0.4) is 0 Å². The molecule has 0 aliphatic heterocycles. The van der Waals surface area contributed by atoms with Crippen molar-refractivity contribution in [2.45, 2.75) is 0 Å². The minimum absolute atomic E-state index is 0.195. The van der Waals surface area contributed by atoms with Crippen molar-refractivity contribution in [3.8, 4) is 0 Å². The van der Waals surface area contributed by atoms with Gasteiger partial charge in [-0.2, -0.15) is 0 Å². The third kappa shape index (κ3) is 10.4. The highest BCUT2D eigenvalue weighted by Gasteiger charge is 2.01. The zero-order valence-corrected chi connectivity index (χ0v) is 8.26. The third-order valence-corrected chi connectivity index (χ3v) is 3.66. The highest BCUT2D eigenvalue weighted by molar-refractivity contribution is 8.71.